The second kappa shape index (κ2) is 6.86. The smallest absolute Gasteiger partial charge is 0.225 e. The molecule has 130 valence electrons. The van der Waals surface area contributed by atoms with Gasteiger partial charge < -0.3 is 4.90 Å². The Bertz CT molecular complexity index is 915. The van der Waals surface area contributed by atoms with Gasteiger partial charge in [-0.1, -0.05) is 35.0 Å². The van der Waals surface area contributed by atoms with Gasteiger partial charge in [0.05, 0.1) is 5.39 Å². The zero-order valence-corrected chi connectivity index (χ0v) is 17.4. The number of benzene rings is 1. The van der Waals surface area contributed by atoms with Crippen molar-refractivity contribution in [3.05, 3.63) is 38.9 Å². The molecule has 0 amide bonds. The molecular formula is C19H19BrClN3S. The van der Waals surface area contributed by atoms with E-state index in [-0.39, 0.29) is 0 Å². The summed E-state index contributed by atoms with van der Waals surface area (Å²) in [5, 5.41) is 1.48. The van der Waals surface area contributed by atoms with Crippen molar-refractivity contribution in [2.24, 2.45) is 5.92 Å². The van der Waals surface area contributed by atoms with E-state index in [1.807, 2.05) is 0 Å². The first-order valence-electron chi connectivity index (χ1n) is 8.50. The highest BCUT2D eigenvalue weighted by molar-refractivity contribution is 9.10. The molecule has 3 nitrogen and oxygen atoms in total. The highest BCUT2D eigenvalue weighted by Gasteiger charge is 2.24. The molecule has 3 heterocycles. The number of rotatable bonds is 2. The third kappa shape index (κ3) is 3.29. The maximum Gasteiger partial charge on any atom is 0.225 e. The zero-order valence-electron chi connectivity index (χ0n) is 14.2. The number of fused-ring (bicyclic) bond motifs is 1. The zero-order chi connectivity index (χ0) is 17.6. The van der Waals surface area contributed by atoms with Crippen LogP contribution in [0.5, 0.6) is 0 Å². The van der Waals surface area contributed by atoms with Crippen molar-refractivity contribution in [1.82, 2.24) is 9.97 Å². The number of aryl methyl sites for hydroxylation is 1. The average molecular weight is 437 g/mol. The summed E-state index contributed by atoms with van der Waals surface area (Å²) in [5.41, 5.74) is 2.43. The standard InChI is InChI=1S/C19H19BrClN3S/c1-11-7-9-24(10-8-11)17-16-15(13-3-5-14(20)6-4-13)12(2)25-18(16)23-19(21)22-17/h3-6,11H,7-10H2,1-2H3. The van der Waals surface area contributed by atoms with Gasteiger partial charge in [-0.15, -0.1) is 11.3 Å². The number of piperidine rings is 1. The minimum absolute atomic E-state index is 0.338. The van der Waals surface area contributed by atoms with Crippen LogP contribution in [0.3, 0.4) is 0 Å². The molecule has 0 spiro atoms. The summed E-state index contributed by atoms with van der Waals surface area (Å²) in [4.78, 5) is 13.8. The van der Waals surface area contributed by atoms with Gasteiger partial charge in [-0.25, -0.2) is 4.98 Å². The van der Waals surface area contributed by atoms with Crippen molar-refractivity contribution in [3.8, 4) is 11.1 Å². The summed E-state index contributed by atoms with van der Waals surface area (Å²) in [6.45, 7) is 6.53. The number of aromatic nitrogens is 2. The molecule has 0 atom stereocenters. The largest absolute Gasteiger partial charge is 0.356 e. The second-order valence-electron chi connectivity index (χ2n) is 6.71. The van der Waals surface area contributed by atoms with Gasteiger partial charge in [0.2, 0.25) is 5.28 Å². The molecule has 0 aliphatic carbocycles. The molecule has 0 radical (unpaired) electrons. The van der Waals surface area contributed by atoms with E-state index in [0.717, 1.165) is 39.5 Å². The number of hydrogen-bond donors (Lipinski definition) is 0. The lowest BCUT2D eigenvalue weighted by molar-refractivity contribution is 0.437. The van der Waals surface area contributed by atoms with E-state index < -0.39 is 0 Å². The van der Waals surface area contributed by atoms with Crippen LogP contribution in [0.2, 0.25) is 5.28 Å². The lowest BCUT2D eigenvalue weighted by Crippen LogP contribution is -2.33. The van der Waals surface area contributed by atoms with Crippen molar-refractivity contribution in [2.75, 3.05) is 18.0 Å². The third-order valence-electron chi connectivity index (χ3n) is 4.90. The van der Waals surface area contributed by atoms with Crippen LogP contribution >= 0.6 is 38.9 Å². The molecule has 25 heavy (non-hydrogen) atoms. The van der Waals surface area contributed by atoms with Gasteiger partial charge in [0, 0.05) is 28.0 Å². The van der Waals surface area contributed by atoms with Crippen molar-refractivity contribution in [2.45, 2.75) is 26.7 Å². The Hall–Kier alpha value is -1.17. The van der Waals surface area contributed by atoms with Crippen LogP contribution in [0.25, 0.3) is 21.3 Å². The van der Waals surface area contributed by atoms with Gasteiger partial charge in [-0.2, -0.15) is 4.98 Å². The fraction of sp³-hybridized carbons (Fsp3) is 0.368. The summed E-state index contributed by atoms with van der Waals surface area (Å²) < 4.78 is 1.08. The molecule has 1 fully saturated rings. The fourth-order valence-electron chi connectivity index (χ4n) is 3.48. The Morgan fingerprint density at radius 3 is 2.52 bits per heavy atom. The van der Waals surface area contributed by atoms with E-state index >= 15 is 0 Å². The Morgan fingerprint density at radius 1 is 1.16 bits per heavy atom. The van der Waals surface area contributed by atoms with Crippen LogP contribution in [0, 0.1) is 12.8 Å². The topological polar surface area (TPSA) is 29.0 Å². The molecule has 6 heteroatoms. The highest BCUT2D eigenvalue weighted by Crippen LogP contribution is 2.43. The first-order chi connectivity index (χ1) is 12.0. The maximum absolute atomic E-state index is 6.25. The molecule has 0 unspecified atom stereocenters. The summed E-state index contributed by atoms with van der Waals surface area (Å²) in [7, 11) is 0. The van der Waals surface area contributed by atoms with Crippen LogP contribution < -0.4 is 4.90 Å². The lowest BCUT2D eigenvalue weighted by atomic mass is 9.98. The first-order valence-corrected chi connectivity index (χ1v) is 10.5. The molecule has 0 bridgehead atoms. The quantitative estimate of drug-likeness (QED) is 0.440. The van der Waals surface area contributed by atoms with Crippen LogP contribution in [-0.4, -0.2) is 23.1 Å². The van der Waals surface area contributed by atoms with Gasteiger partial charge in [0.15, 0.2) is 0 Å². The molecule has 0 saturated carbocycles. The van der Waals surface area contributed by atoms with Gasteiger partial charge in [-0.3, -0.25) is 0 Å². The van der Waals surface area contributed by atoms with E-state index in [1.54, 1.807) is 11.3 Å². The molecule has 0 N–H and O–H groups in total. The summed E-state index contributed by atoms with van der Waals surface area (Å²) in [6.07, 6.45) is 2.39. The number of thiophene rings is 1. The van der Waals surface area contributed by atoms with Gasteiger partial charge in [-0.05, 0) is 55.0 Å². The normalized spacial score (nSPS) is 15.9. The molecule has 1 aliphatic heterocycles. The number of halogens is 2. The Kier molecular flexibility index (Phi) is 4.73. The van der Waals surface area contributed by atoms with Crippen molar-refractivity contribution in [1.29, 1.82) is 0 Å². The predicted octanol–water partition coefficient (Wildman–Crippen LogP) is 6.32. The van der Waals surface area contributed by atoms with Crippen LogP contribution in [0.4, 0.5) is 5.82 Å². The van der Waals surface area contributed by atoms with E-state index in [2.05, 4.69) is 68.9 Å². The Labute approximate surface area is 165 Å². The van der Waals surface area contributed by atoms with E-state index in [4.69, 9.17) is 11.6 Å². The summed E-state index contributed by atoms with van der Waals surface area (Å²) in [6, 6.07) is 8.46. The van der Waals surface area contributed by atoms with E-state index in [9.17, 15) is 0 Å². The predicted molar refractivity (Wildman–Crippen MR) is 111 cm³/mol. The summed E-state index contributed by atoms with van der Waals surface area (Å²) in [5.74, 6) is 1.77. The van der Waals surface area contributed by atoms with Gasteiger partial charge >= 0.3 is 0 Å². The van der Waals surface area contributed by atoms with Crippen molar-refractivity contribution in [3.63, 3.8) is 0 Å². The molecule has 4 rings (SSSR count). The molecular weight excluding hydrogens is 418 g/mol. The van der Waals surface area contributed by atoms with Gasteiger partial charge in [0.1, 0.15) is 10.6 Å². The van der Waals surface area contributed by atoms with Crippen molar-refractivity contribution < 1.29 is 0 Å². The van der Waals surface area contributed by atoms with E-state index in [0.29, 0.717) is 5.28 Å². The molecule has 3 aromatic rings. The maximum atomic E-state index is 6.25. The van der Waals surface area contributed by atoms with E-state index in [1.165, 1.54) is 28.8 Å². The first kappa shape index (κ1) is 17.3. The minimum Gasteiger partial charge on any atom is -0.356 e. The van der Waals surface area contributed by atoms with Crippen LogP contribution in [0.15, 0.2) is 28.7 Å². The Morgan fingerprint density at radius 2 is 1.84 bits per heavy atom. The molecule has 1 aromatic carbocycles. The molecule has 2 aromatic heterocycles. The number of hydrogen-bond acceptors (Lipinski definition) is 4. The van der Waals surface area contributed by atoms with Crippen molar-refractivity contribution >= 4 is 54.9 Å². The Balaban J connectivity index is 1.91. The molecule has 1 aliphatic rings. The molecule has 1 saturated heterocycles. The monoisotopic (exact) mass is 435 g/mol. The fourth-order valence-corrected chi connectivity index (χ4v) is 5.00. The van der Waals surface area contributed by atoms with Crippen LogP contribution in [-0.2, 0) is 0 Å². The van der Waals surface area contributed by atoms with Crippen LogP contribution in [0.1, 0.15) is 24.6 Å². The average Bonchev–Trinajstić information content (AvgIpc) is 2.91. The third-order valence-corrected chi connectivity index (χ3v) is 6.59. The minimum atomic E-state index is 0.338. The lowest BCUT2D eigenvalue weighted by Gasteiger charge is -2.31. The summed E-state index contributed by atoms with van der Waals surface area (Å²) >= 11 is 11.5. The SMILES string of the molecule is Cc1sc2nc(Cl)nc(N3CCC(C)CC3)c2c1-c1ccc(Br)cc1. The highest BCUT2D eigenvalue weighted by atomic mass is 79.9. The second-order valence-corrected chi connectivity index (χ2v) is 9.16. The number of anilines is 1. The number of nitrogens with zero attached hydrogens (tertiary/aromatic N) is 3. The van der Waals surface area contributed by atoms with Gasteiger partial charge in [0.25, 0.3) is 0 Å².